The maximum Gasteiger partial charge on any atom is 0.253 e. The van der Waals surface area contributed by atoms with E-state index in [4.69, 9.17) is 22.1 Å². The Labute approximate surface area is 106 Å². The van der Waals surface area contributed by atoms with Crippen molar-refractivity contribution in [3.63, 3.8) is 0 Å². The van der Waals surface area contributed by atoms with E-state index in [-0.39, 0.29) is 5.91 Å². The Morgan fingerprint density at radius 3 is 3.00 bits per heavy atom. The summed E-state index contributed by atoms with van der Waals surface area (Å²) in [4.78, 5) is 11.8. The zero-order valence-electron chi connectivity index (χ0n) is 9.83. The minimum Gasteiger partial charge on any atom is -0.398 e. The van der Waals surface area contributed by atoms with Crippen LogP contribution >= 0.6 is 11.6 Å². The molecule has 5 heteroatoms. The molecule has 0 fully saturated rings. The lowest BCUT2D eigenvalue weighted by Gasteiger charge is -2.07. The van der Waals surface area contributed by atoms with Gasteiger partial charge in [-0.1, -0.05) is 11.6 Å². The van der Waals surface area contributed by atoms with Crippen molar-refractivity contribution in [3.8, 4) is 0 Å². The van der Waals surface area contributed by atoms with E-state index in [0.717, 1.165) is 6.42 Å². The number of ether oxygens (including phenoxy) is 1. The van der Waals surface area contributed by atoms with E-state index < -0.39 is 0 Å². The van der Waals surface area contributed by atoms with Crippen LogP contribution in [0.1, 0.15) is 23.7 Å². The highest BCUT2D eigenvalue weighted by Gasteiger charge is 2.09. The van der Waals surface area contributed by atoms with Crippen molar-refractivity contribution in [1.29, 1.82) is 0 Å². The number of hydrogen-bond donors (Lipinski definition) is 2. The summed E-state index contributed by atoms with van der Waals surface area (Å²) in [5.74, 6) is -0.207. The van der Waals surface area contributed by atoms with Gasteiger partial charge in [-0.3, -0.25) is 4.79 Å². The van der Waals surface area contributed by atoms with Crippen LogP contribution in [0.25, 0.3) is 0 Å². The first-order valence-electron chi connectivity index (χ1n) is 5.56. The second kappa shape index (κ2) is 7.14. The van der Waals surface area contributed by atoms with Gasteiger partial charge >= 0.3 is 0 Å². The van der Waals surface area contributed by atoms with Gasteiger partial charge in [0.1, 0.15) is 0 Å². The Morgan fingerprint density at radius 1 is 1.53 bits per heavy atom. The van der Waals surface area contributed by atoms with E-state index in [2.05, 4.69) is 5.32 Å². The van der Waals surface area contributed by atoms with Crippen LogP contribution in [-0.2, 0) is 4.74 Å². The highest BCUT2D eigenvalue weighted by atomic mass is 35.5. The molecule has 1 rings (SSSR count). The third-order valence-corrected chi connectivity index (χ3v) is 2.45. The van der Waals surface area contributed by atoms with E-state index in [9.17, 15) is 4.79 Å². The third-order valence-electron chi connectivity index (χ3n) is 2.22. The van der Waals surface area contributed by atoms with Gasteiger partial charge in [0, 0.05) is 30.5 Å². The largest absolute Gasteiger partial charge is 0.398 e. The van der Waals surface area contributed by atoms with Crippen LogP contribution in [0.15, 0.2) is 18.2 Å². The van der Waals surface area contributed by atoms with Crippen molar-refractivity contribution in [2.75, 3.05) is 25.5 Å². The molecule has 94 valence electrons. The molecule has 4 nitrogen and oxygen atoms in total. The van der Waals surface area contributed by atoms with E-state index in [1.165, 1.54) is 0 Å². The average molecular weight is 257 g/mol. The minimum atomic E-state index is -0.207. The highest BCUT2D eigenvalue weighted by molar-refractivity contribution is 6.31. The summed E-state index contributed by atoms with van der Waals surface area (Å²) < 4.78 is 5.17. The molecule has 3 N–H and O–H groups in total. The van der Waals surface area contributed by atoms with Crippen molar-refractivity contribution in [2.24, 2.45) is 0 Å². The Hall–Kier alpha value is -1.26. The molecule has 0 spiro atoms. The molecule has 0 atom stereocenters. The van der Waals surface area contributed by atoms with Gasteiger partial charge in [0.2, 0.25) is 0 Å². The third kappa shape index (κ3) is 4.63. The highest BCUT2D eigenvalue weighted by Crippen LogP contribution is 2.17. The first kappa shape index (κ1) is 13.8. The maximum atomic E-state index is 11.8. The molecule has 1 aromatic carbocycles. The Morgan fingerprint density at radius 2 is 2.29 bits per heavy atom. The number of benzene rings is 1. The standard InChI is InChI=1S/C12H17ClN2O2/c1-2-17-7-3-6-15-12(16)10-8-9(13)4-5-11(10)14/h4-5,8H,2-3,6-7,14H2,1H3,(H,15,16). The lowest BCUT2D eigenvalue weighted by Crippen LogP contribution is -2.26. The molecule has 0 unspecified atom stereocenters. The van der Waals surface area contributed by atoms with Crippen LogP contribution in [0.5, 0.6) is 0 Å². The summed E-state index contributed by atoms with van der Waals surface area (Å²) in [7, 11) is 0. The first-order chi connectivity index (χ1) is 8.15. The molecular formula is C12H17ClN2O2. The van der Waals surface area contributed by atoms with Crippen molar-refractivity contribution < 1.29 is 9.53 Å². The molecule has 17 heavy (non-hydrogen) atoms. The number of nitrogens with two attached hydrogens (primary N) is 1. The molecule has 1 amide bonds. The van der Waals surface area contributed by atoms with E-state index in [0.29, 0.717) is 36.0 Å². The zero-order valence-corrected chi connectivity index (χ0v) is 10.6. The Balaban J connectivity index is 2.44. The molecule has 1 aromatic rings. The molecule has 0 aliphatic heterocycles. The molecule has 0 radical (unpaired) electrons. The van der Waals surface area contributed by atoms with Gasteiger partial charge in [-0.25, -0.2) is 0 Å². The van der Waals surface area contributed by atoms with Crippen molar-refractivity contribution >= 4 is 23.2 Å². The first-order valence-corrected chi connectivity index (χ1v) is 5.94. The van der Waals surface area contributed by atoms with E-state index >= 15 is 0 Å². The van der Waals surface area contributed by atoms with Gasteiger partial charge in [0.25, 0.3) is 5.91 Å². The number of rotatable bonds is 6. The number of amides is 1. The molecular weight excluding hydrogens is 240 g/mol. The quantitative estimate of drug-likeness (QED) is 0.605. The maximum absolute atomic E-state index is 11.8. The normalized spacial score (nSPS) is 10.2. The predicted molar refractivity (Wildman–Crippen MR) is 69.3 cm³/mol. The summed E-state index contributed by atoms with van der Waals surface area (Å²) >= 11 is 5.81. The van der Waals surface area contributed by atoms with E-state index in [1.54, 1.807) is 18.2 Å². The second-order valence-electron chi connectivity index (χ2n) is 3.54. The Kier molecular flexibility index (Phi) is 5.80. The van der Waals surface area contributed by atoms with Gasteiger partial charge in [0.05, 0.1) is 5.56 Å². The molecule has 0 heterocycles. The van der Waals surface area contributed by atoms with Crippen molar-refractivity contribution in [1.82, 2.24) is 5.32 Å². The molecule has 0 aromatic heterocycles. The summed E-state index contributed by atoms with van der Waals surface area (Å²) in [5.41, 5.74) is 6.54. The van der Waals surface area contributed by atoms with Gasteiger partial charge < -0.3 is 15.8 Å². The molecule has 0 bridgehead atoms. The van der Waals surface area contributed by atoms with Crippen LogP contribution in [0, 0.1) is 0 Å². The monoisotopic (exact) mass is 256 g/mol. The Bertz CT molecular complexity index is 383. The van der Waals surface area contributed by atoms with Crippen molar-refractivity contribution in [3.05, 3.63) is 28.8 Å². The van der Waals surface area contributed by atoms with Crippen LogP contribution in [-0.4, -0.2) is 25.7 Å². The topological polar surface area (TPSA) is 64.3 Å². The molecule has 0 saturated carbocycles. The summed E-state index contributed by atoms with van der Waals surface area (Å²) in [6.07, 6.45) is 0.778. The fourth-order valence-electron chi connectivity index (χ4n) is 1.34. The lowest BCUT2D eigenvalue weighted by atomic mass is 10.1. The number of halogens is 1. The number of anilines is 1. The SMILES string of the molecule is CCOCCCNC(=O)c1cc(Cl)ccc1N. The minimum absolute atomic E-state index is 0.207. The number of carbonyl (C=O) groups is 1. The second-order valence-corrected chi connectivity index (χ2v) is 3.97. The van der Waals surface area contributed by atoms with Crippen molar-refractivity contribution in [2.45, 2.75) is 13.3 Å². The van der Waals surface area contributed by atoms with Gasteiger partial charge in [0.15, 0.2) is 0 Å². The number of hydrogen-bond acceptors (Lipinski definition) is 3. The van der Waals surface area contributed by atoms with E-state index in [1.807, 2.05) is 6.92 Å². The smallest absolute Gasteiger partial charge is 0.253 e. The fourth-order valence-corrected chi connectivity index (χ4v) is 1.51. The summed E-state index contributed by atoms with van der Waals surface area (Å²) in [6.45, 7) is 3.83. The predicted octanol–water partition coefficient (Wildman–Crippen LogP) is 2.08. The molecule has 0 saturated heterocycles. The summed E-state index contributed by atoms with van der Waals surface area (Å²) in [5, 5.41) is 3.27. The van der Waals surface area contributed by atoms with Gasteiger partial charge in [-0.2, -0.15) is 0 Å². The van der Waals surface area contributed by atoms with Crippen LogP contribution in [0.2, 0.25) is 5.02 Å². The molecule has 0 aliphatic carbocycles. The number of nitrogens with one attached hydrogen (secondary N) is 1. The molecule has 0 aliphatic rings. The zero-order chi connectivity index (χ0) is 12.7. The van der Waals surface area contributed by atoms with Crippen LogP contribution in [0.3, 0.4) is 0 Å². The fraction of sp³-hybridized carbons (Fsp3) is 0.417. The van der Waals surface area contributed by atoms with Gasteiger partial charge in [-0.15, -0.1) is 0 Å². The average Bonchev–Trinajstić information content (AvgIpc) is 2.32. The van der Waals surface area contributed by atoms with Gasteiger partial charge in [-0.05, 0) is 31.5 Å². The number of nitrogen functional groups attached to an aromatic ring is 1. The van der Waals surface area contributed by atoms with Crippen LogP contribution < -0.4 is 11.1 Å². The number of carbonyl (C=O) groups excluding carboxylic acids is 1. The summed E-state index contributed by atoms with van der Waals surface area (Å²) in [6, 6.07) is 4.84. The lowest BCUT2D eigenvalue weighted by molar-refractivity contribution is 0.0945. The van der Waals surface area contributed by atoms with Crippen LogP contribution in [0.4, 0.5) is 5.69 Å².